The summed E-state index contributed by atoms with van der Waals surface area (Å²) in [5.41, 5.74) is -2.36. The van der Waals surface area contributed by atoms with Crippen molar-refractivity contribution in [3.63, 3.8) is 0 Å². The topological polar surface area (TPSA) is 135 Å². The summed E-state index contributed by atoms with van der Waals surface area (Å²) >= 11 is 0. The zero-order valence-electron chi connectivity index (χ0n) is 28.2. The van der Waals surface area contributed by atoms with Crippen molar-refractivity contribution < 1.29 is 48.0 Å². The van der Waals surface area contributed by atoms with Gasteiger partial charge in [-0.05, 0) is 49.3 Å². The molecule has 1 aliphatic heterocycles. The molecule has 1 N–H and O–H groups in total. The van der Waals surface area contributed by atoms with Crippen molar-refractivity contribution in [2.75, 3.05) is 13.2 Å². The maximum atomic E-state index is 13.0. The van der Waals surface area contributed by atoms with Gasteiger partial charge in [-0.15, -0.1) is 0 Å². The first-order valence-electron chi connectivity index (χ1n) is 16.2. The summed E-state index contributed by atoms with van der Waals surface area (Å²) in [5, 5.41) is 12.8. The molecule has 0 radical (unpaired) electrons. The van der Waals surface area contributed by atoms with Gasteiger partial charge in [0.15, 0.2) is 6.10 Å². The molecule has 2 saturated carbocycles. The number of ether oxygens (including phenoxy) is 5. The SMILES string of the molecule is CC(=O)OC(C)[C@]12COC[C@H]1[C@]1(C)CC[C@@H]3[C@@](C)(C1[C@H](OC(C)=O)[C@@H]2OC(C)=O)[C@H](OC(C)=O)C=C(C)[C@@]3(O)Cc1ccccc1. The molecule has 4 aliphatic rings. The Hall–Kier alpha value is -3.24. The molecule has 46 heavy (non-hydrogen) atoms. The Labute approximate surface area is 271 Å². The molecular formula is C36H48O10. The predicted molar refractivity (Wildman–Crippen MR) is 166 cm³/mol. The number of esters is 4. The van der Waals surface area contributed by atoms with E-state index in [9.17, 15) is 24.3 Å². The molecule has 1 heterocycles. The number of benzene rings is 1. The van der Waals surface area contributed by atoms with Crippen molar-refractivity contribution in [1.29, 1.82) is 0 Å². The van der Waals surface area contributed by atoms with Crippen LogP contribution >= 0.6 is 0 Å². The molecule has 10 heteroatoms. The molecule has 0 spiro atoms. The van der Waals surface area contributed by atoms with E-state index in [-0.39, 0.29) is 12.5 Å². The van der Waals surface area contributed by atoms with Gasteiger partial charge < -0.3 is 28.8 Å². The standard InChI is InChI=1S/C36H48O10/c1-20-16-29(44-23(4)38)34(8)27(36(20,41)17-26-12-10-9-11-13-26)14-15-33(7)28-18-42-19-35(28,21(2)43-22(3)37)32(46-25(6)40)30(31(33)34)45-24(5)39/h9-13,16,21,27-32,41H,14-15,17-19H2,1-8H3/t21?,27-,28+,29-,30+,31?,32+,33+,34-,35-,36+/m1/s1. The van der Waals surface area contributed by atoms with Crippen molar-refractivity contribution in [2.24, 2.45) is 34.0 Å². The van der Waals surface area contributed by atoms with Crippen LogP contribution in [-0.2, 0) is 49.3 Å². The summed E-state index contributed by atoms with van der Waals surface area (Å²) in [6, 6.07) is 9.76. The smallest absolute Gasteiger partial charge is 0.303 e. The molecule has 10 nitrogen and oxygen atoms in total. The molecule has 0 aromatic heterocycles. The van der Waals surface area contributed by atoms with Crippen molar-refractivity contribution in [2.45, 2.75) is 105 Å². The van der Waals surface area contributed by atoms with Gasteiger partial charge >= 0.3 is 23.9 Å². The summed E-state index contributed by atoms with van der Waals surface area (Å²) in [6.07, 6.45) is -0.302. The van der Waals surface area contributed by atoms with Gasteiger partial charge in [0, 0.05) is 57.3 Å². The number of carbonyl (C=O) groups excluding carboxylic acids is 4. The zero-order chi connectivity index (χ0) is 33.8. The molecule has 2 unspecified atom stereocenters. The van der Waals surface area contributed by atoms with Gasteiger partial charge in [0.25, 0.3) is 0 Å². The second-order valence-electron chi connectivity index (χ2n) is 14.4. The van der Waals surface area contributed by atoms with Gasteiger partial charge in [-0.25, -0.2) is 0 Å². The molecular weight excluding hydrogens is 592 g/mol. The summed E-state index contributed by atoms with van der Waals surface area (Å²) in [5.74, 6) is -3.45. The van der Waals surface area contributed by atoms with Crippen LogP contribution < -0.4 is 0 Å². The Kier molecular flexibility index (Phi) is 8.96. The predicted octanol–water partition coefficient (Wildman–Crippen LogP) is 4.35. The highest BCUT2D eigenvalue weighted by molar-refractivity contribution is 5.68. The summed E-state index contributed by atoms with van der Waals surface area (Å²) in [7, 11) is 0. The molecule has 0 amide bonds. The number of aliphatic hydroxyl groups is 1. The minimum atomic E-state index is -1.32. The number of carbonyl (C=O) groups is 4. The monoisotopic (exact) mass is 640 g/mol. The first kappa shape index (κ1) is 34.1. The fraction of sp³-hybridized carbons (Fsp3) is 0.667. The highest BCUT2D eigenvalue weighted by Crippen LogP contribution is 2.72. The van der Waals surface area contributed by atoms with E-state index in [0.717, 1.165) is 5.56 Å². The Morgan fingerprint density at radius 3 is 2.15 bits per heavy atom. The van der Waals surface area contributed by atoms with Gasteiger partial charge in [0.1, 0.15) is 18.3 Å². The van der Waals surface area contributed by atoms with Crippen LogP contribution in [0.1, 0.15) is 73.8 Å². The van der Waals surface area contributed by atoms with Crippen LogP contribution in [0.4, 0.5) is 0 Å². The maximum absolute atomic E-state index is 13.0. The number of fused-ring (bicyclic) bond motifs is 5. The van der Waals surface area contributed by atoms with E-state index in [4.69, 9.17) is 23.7 Å². The van der Waals surface area contributed by atoms with Gasteiger partial charge in [-0.1, -0.05) is 44.2 Å². The van der Waals surface area contributed by atoms with Crippen LogP contribution in [0.2, 0.25) is 0 Å². The highest BCUT2D eigenvalue weighted by Gasteiger charge is 2.77. The molecule has 3 aliphatic carbocycles. The normalized spacial score (nSPS) is 40.2. The van der Waals surface area contributed by atoms with Crippen molar-refractivity contribution in [3.05, 3.63) is 47.5 Å². The van der Waals surface area contributed by atoms with Crippen molar-refractivity contribution in [3.8, 4) is 0 Å². The molecule has 1 aromatic carbocycles. The van der Waals surface area contributed by atoms with Crippen LogP contribution in [-0.4, -0.2) is 72.2 Å². The Morgan fingerprint density at radius 2 is 1.57 bits per heavy atom. The lowest BCUT2D eigenvalue weighted by atomic mass is 9.36. The molecule has 5 rings (SSSR count). The fourth-order valence-electron chi connectivity index (χ4n) is 10.3. The highest BCUT2D eigenvalue weighted by atomic mass is 16.6. The Morgan fingerprint density at radius 1 is 0.935 bits per heavy atom. The zero-order valence-corrected chi connectivity index (χ0v) is 28.2. The minimum Gasteiger partial charge on any atom is -0.462 e. The average Bonchev–Trinajstić information content (AvgIpc) is 3.41. The summed E-state index contributed by atoms with van der Waals surface area (Å²) in [6.45, 7) is 13.5. The number of hydrogen-bond acceptors (Lipinski definition) is 10. The third kappa shape index (κ3) is 5.25. The van der Waals surface area contributed by atoms with Crippen LogP contribution in [0.15, 0.2) is 42.0 Å². The van der Waals surface area contributed by atoms with Gasteiger partial charge in [0.05, 0.1) is 24.2 Å². The van der Waals surface area contributed by atoms with Crippen LogP contribution in [0, 0.1) is 34.0 Å². The van der Waals surface area contributed by atoms with Gasteiger partial charge in [0.2, 0.25) is 0 Å². The first-order chi connectivity index (χ1) is 21.5. The summed E-state index contributed by atoms with van der Waals surface area (Å²) < 4.78 is 30.5. The lowest BCUT2D eigenvalue weighted by Gasteiger charge is -2.70. The molecule has 1 aromatic rings. The van der Waals surface area contributed by atoms with E-state index < -0.39 is 82.0 Å². The molecule has 1 saturated heterocycles. The van der Waals surface area contributed by atoms with Gasteiger partial charge in [-0.3, -0.25) is 19.2 Å². The third-order valence-electron chi connectivity index (χ3n) is 11.9. The fourth-order valence-corrected chi connectivity index (χ4v) is 10.3. The lowest BCUT2D eigenvalue weighted by Crippen LogP contribution is -2.76. The first-order valence-corrected chi connectivity index (χ1v) is 16.2. The third-order valence-corrected chi connectivity index (χ3v) is 11.9. The van der Waals surface area contributed by atoms with Crippen LogP contribution in [0.5, 0.6) is 0 Å². The van der Waals surface area contributed by atoms with Crippen molar-refractivity contribution in [1.82, 2.24) is 0 Å². The Balaban J connectivity index is 1.77. The lowest BCUT2D eigenvalue weighted by molar-refractivity contribution is -0.296. The summed E-state index contributed by atoms with van der Waals surface area (Å²) in [4.78, 5) is 50.9. The van der Waals surface area contributed by atoms with E-state index in [1.54, 1.807) is 6.92 Å². The van der Waals surface area contributed by atoms with Crippen LogP contribution in [0.3, 0.4) is 0 Å². The van der Waals surface area contributed by atoms with E-state index in [2.05, 4.69) is 6.92 Å². The number of hydrogen-bond donors (Lipinski definition) is 1. The average molecular weight is 641 g/mol. The second-order valence-corrected chi connectivity index (χ2v) is 14.4. The molecule has 11 atom stereocenters. The maximum Gasteiger partial charge on any atom is 0.303 e. The number of rotatable bonds is 7. The van der Waals surface area contributed by atoms with E-state index in [1.165, 1.54) is 27.7 Å². The molecule has 252 valence electrons. The van der Waals surface area contributed by atoms with E-state index >= 15 is 0 Å². The minimum absolute atomic E-state index is 0.120. The molecule has 0 bridgehead atoms. The quantitative estimate of drug-likeness (QED) is 0.260. The molecule has 3 fully saturated rings. The van der Waals surface area contributed by atoms with Crippen LogP contribution in [0.25, 0.3) is 0 Å². The van der Waals surface area contributed by atoms with Crippen molar-refractivity contribution >= 4 is 23.9 Å². The Bertz CT molecular complexity index is 1410. The van der Waals surface area contributed by atoms with Gasteiger partial charge in [-0.2, -0.15) is 0 Å². The van der Waals surface area contributed by atoms with E-state index in [1.807, 2.05) is 50.3 Å². The second kappa shape index (κ2) is 12.1. The van der Waals surface area contributed by atoms with E-state index in [0.29, 0.717) is 31.4 Å². The largest absolute Gasteiger partial charge is 0.462 e.